The van der Waals surface area contributed by atoms with Gasteiger partial charge in [-0.2, -0.15) is 0 Å². The zero-order valence-corrected chi connectivity index (χ0v) is 10.2. The number of H-pyrrole nitrogens is 1. The van der Waals surface area contributed by atoms with Crippen LogP contribution in [0.15, 0.2) is 18.6 Å². The Kier molecular flexibility index (Phi) is 3.82. The van der Waals surface area contributed by atoms with Crippen LogP contribution in [0, 0.1) is 6.92 Å². The van der Waals surface area contributed by atoms with E-state index < -0.39 is 0 Å². The molecule has 0 aliphatic rings. The number of rotatable bonds is 5. The first-order valence-electron chi connectivity index (χ1n) is 5.83. The number of aromatic nitrogens is 4. The van der Waals surface area contributed by atoms with Crippen molar-refractivity contribution >= 4 is 0 Å². The summed E-state index contributed by atoms with van der Waals surface area (Å²) in [6, 6.07) is 0. The first-order chi connectivity index (χ1) is 8.29. The Labute approximate surface area is 101 Å². The summed E-state index contributed by atoms with van der Waals surface area (Å²) < 4.78 is 0. The maximum atomic E-state index is 4.27. The summed E-state index contributed by atoms with van der Waals surface area (Å²) in [5.74, 6) is 1.36. The molecular weight excluding hydrogens is 214 g/mol. The third kappa shape index (κ3) is 3.10. The van der Waals surface area contributed by atoms with E-state index in [0.29, 0.717) is 5.82 Å². The highest BCUT2D eigenvalue weighted by Crippen LogP contribution is 2.09. The van der Waals surface area contributed by atoms with Crippen LogP contribution in [0.5, 0.6) is 0 Å². The fourth-order valence-corrected chi connectivity index (χ4v) is 1.48. The maximum Gasteiger partial charge on any atom is 0.195 e. The van der Waals surface area contributed by atoms with Gasteiger partial charge in [0.25, 0.3) is 0 Å². The Balaban J connectivity index is 2.04. The smallest absolute Gasteiger partial charge is 0.195 e. The minimum atomic E-state index is 0.636. The van der Waals surface area contributed by atoms with E-state index in [1.165, 1.54) is 0 Å². The average molecular weight is 231 g/mol. The molecule has 2 rings (SSSR count). The van der Waals surface area contributed by atoms with E-state index in [1.54, 1.807) is 12.4 Å². The van der Waals surface area contributed by atoms with E-state index in [2.05, 4.69) is 32.2 Å². The summed E-state index contributed by atoms with van der Waals surface area (Å²) in [5.41, 5.74) is 2.10. The van der Waals surface area contributed by atoms with Crippen molar-refractivity contribution in [1.29, 1.82) is 0 Å². The van der Waals surface area contributed by atoms with Gasteiger partial charge in [-0.3, -0.25) is 0 Å². The molecule has 0 aliphatic heterocycles. The fourth-order valence-electron chi connectivity index (χ4n) is 1.48. The number of hydrogen-bond donors (Lipinski definition) is 2. The second-order valence-corrected chi connectivity index (χ2v) is 4.02. The Hall–Kier alpha value is -1.75. The molecule has 2 aromatic rings. The zero-order valence-electron chi connectivity index (χ0n) is 10.2. The first kappa shape index (κ1) is 11.7. The average Bonchev–Trinajstić information content (AvgIpc) is 2.79. The lowest BCUT2D eigenvalue weighted by Crippen LogP contribution is -2.13. The normalized spacial score (nSPS) is 10.7. The van der Waals surface area contributed by atoms with Gasteiger partial charge < -0.3 is 10.3 Å². The quantitative estimate of drug-likeness (QED) is 0.768. The van der Waals surface area contributed by atoms with Gasteiger partial charge in [-0.1, -0.05) is 6.92 Å². The van der Waals surface area contributed by atoms with Gasteiger partial charge >= 0.3 is 0 Å². The van der Waals surface area contributed by atoms with Crippen LogP contribution in [0.1, 0.15) is 24.6 Å². The number of aromatic amines is 1. The summed E-state index contributed by atoms with van der Waals surface area (Å²) in [6.45, 7) is 5.92. The van der Waals surface area contributed by atoms with Gasteiger partial charge in [-0.25, -0.2) is 15.0 Å². The van der Waals surface area contributed by atoms with E-state index in [-0.39, 0.29) is 0 Å². The summed E-state index contributed by atoms with van der Waals surface area (Å²) in [4.78, 5) is 15.9. The maximum absolute atomic E-state index is 4.27. The monoisotopic (exact) mass is 231 g/mol. The number of imidazole rings is 1. The van der Waals surface area contributed by atoms with Gasteiger partial charge in [-0.05, 0) is 25.5 Å². The Bertz CT molecular complexity index is 460. The number of hydrogen-bond acceptors (Lipinski definition) is 4. The fraction of sp³-hybridized carbons (Fsp3) is 0.417. The molecule has 0 radical (unpaired) electrons. The molecule has 0 aromatic carbocycles. The standard InChI is InChI=1S/C12H17N5/c1-3-4-13-7-10-8-16-12(17-10)11-14-5-9(2)6-15-11/h5-6,8,13H,3-4,7H2,1-2H3,(H,16,17). The van der Waals surface area contributed by atoms with Gasteiger partial charge in [0.2, 0.25) is 0 Å². The molecule has 17 heavy (non-hydrogen) atoms. The van der Waals surface area contributed by atoms with E-state index in [4.69, 9.17) is 0 Å². The molecule has 2 heterocycles. The van der Waals surface area contributed by atoms with Crippen LogP contribution in [-0.4, -0.2) is 26.5 Å². The van der Waals surface area contributed by atoms with E-state index in [1.807, 2.05) is 13.1 Å². The summed E-state index contributed by atoms with van der Waals surface area (Å²) >= 11 is 0. The van der Waals surface area contributed by atoms with Crippen molar-refractivity contribution in [3.8, 4) is 11.6 Å². The number of nitrogens with zero attached hydrogens (tertiary/aromatic N) is 3. The van der Waals surface area contributed by atoms with Crippen molar-refractivity contribution < 1.29 is 0 Å². The van der Waals surface area contributed by atoms with Crippen LogP contribution in [0.2, 0.25) is 0 Å². The number of aryl methyl sites for hydroxylation is 1. The van der Waals surface area contributed by atoms with E-state index in [9.17, 15) is 0 Å². The van der Waals surface area contributed by atoms with Gasteiger partial charge in [0.05, 0.1) is 6.20 Å². The van der Waals surface area contributed by atoms with Gasteiger partial charge in [0.15, 0.2) is 11.6 Å². The summed E-state index contributed by atoms with van der Waals surface area (Å²) in [7, 11) is 0. The minimum absolute atomic E-state index is 0.636. The molecule has 5 nitrogen and oxygen atoms in total. The van der Waals surface area contributed by atoms with E-state index in [0.717, 1.165) is 36.6 Å². The molecule has 0 spiro atoms. The van der Waals surface area contributed by atoms with Gasteiger partial charge in [0, 0.05) is 24.6 Å². The lowest BCUT2D eigenvalue weighted by Gasteiger charge is -1.99. The molecule has 0 saturated heterocycles. The van der Waals surface area contributed by atoms with Crippen LogP contribution in [0.4, 0.5) is 0 Å². The molecule has 2 aromatic heterocycles. The highest BCUT2D eigenvalue weighted by atomic mass is 15.0. The van der Waals surface area contributed by atoms with Crippen LogP contribution >= 0.6 is 0 Å². The molecular formula is C12H17N5. The molecule has 5 heteroatoms. The highest BCUT2D eigenvalue weighted by molar-refractivity contribution is 5.42. The third-order valence-corrected chi connectivity index (χ3v) is 2.36. The van der Waals surface area contributed by atoms with E-state index >= 15 is 0 Å². The zero-order chi connectivity index (χ0) is 12.1. The largest absolute Gasteiger partial charge is 0.338 e. The molecule has 2 N–H and O–H groups in total. The molecule has 0 bridgehead atoms. The van der Waals surface area contributed by atoms with Crippen molar-refractivity contribution in [2.75, 3.05) is 6.54 Å². The molecule has 0 aliphatic carbocycles. The van der Waals surface area contributed by atoms with Crippen LogP contribution < -0.4 is 5.32 Å². The molecule has 0 unspecified atom stereocenters. The predicted molar refractivity (Wildman–Crippen MR) is 66.3 cm³/mol. The van der Waals surface area contributed by atoms with Crippen molar-refractivity contribution in [2.45, 2.75) is 26.8 Å². The van der Waals surface area contributed by atoms with Crippen molar-refractivity contribution in [1.82, 2.24) is 25.3 Å². The van der Waals surface area contributed by atoms with Crippen LogP contribution in [0.25, 0.3) is 11.6 Å². The number of nitrogens with one attached hydrogen (secondary N) is 2. The van der Waals surface area contributed by atoms with Gasteiger partial charge in [-0.15, -0.1) is 0 Å². The molecule has 0 atom stereocenters. The Morgan fingerprint density at radius 2 is 1.94 bits per heavy atom. The lowest BCUT2D eigenvalue weighted by molar-refractivity contribution is 0.666. The molecule has 90 valence electrons. The Morgan fingerprint density at radius 3 is 2.65 bits per heavy atom. The second-order valence-electron chi connectivity index (χ2n) is 4.02. The molecule has 0 fully saturated rings. The van der Waals surface area contributed by atoms with Crippen molar-refractivity contribution in [3.05, 3.63) is 29.8 Å². The van der Waals surface area contributed by atoms with Gasteiger partial charge in [0.1, 0.15) is 0 Å². The Morgan fingerprint density at radius 1 is 1.18 bits per heavy atom. The minimum Gasteiger partial charge on any atom is -0.338 e. The summed E-state index contributed by atoms with van der Waals surface area (Å²) in [6.07, 6.45) is 6.53. The van der Waals surface area contributed by atoms with Crippen molar-refractivity contribution in [2.24, 2.45) is 0 Å². The lowest BCUT2D eigenvalue weighted by atomic mass is 10.4. The predicted octanol–water partition coefficient (Wildman–Crippen LogP) is 1.67. The van der Waals surface area contributed by atoms with Crippen LogP contribution in [0.3, 0.4) is 0 Å². The third-order valence-electron chi connectivity index (χ3n) is 2.36. The second kappa shape index (κ2) is 5.54. The SMILES string of the molecule is CCCNCc1cnc(-c2ncc(C)cn2)[nH]1. The molecule has 0 saturated carbocycles. The highest BCUT2D eigenvalue weighted by Gasteiger charge is 2.05. The first-order valence-corrected chi connectivity index (χ1v) is 5.83. The topological polar surface area (TPSA) is 66.5 Å². The summed E-state index contributed by atoms with van der Waals surface area (Å²) in [5, 5.41) is 3.31. The molecule has 0 amide bonds. The van der Waals surface area contributed by atoms with Crippen LogP contribution in [-0.2, 0) is 6.54 Å². The van der Waals surface area contributed by atoms with Crippen molar-refractivity contribution in [3.63, 3.8) is 0 Å².